The van der Waals surface area contributed by atoms with E-state index in [2.05, 4.69) is 44.0 Å². The maximum absolute atomic E-state index is 14.0. The topological polar surface area (TPSA) is 249 Å². The first-order valence-electron chi connectivity index (χ1n) is 22.3. The van der Waals surface area contributed by atoms with Crippen LogP contribution in [0.3, 0.4) is 0 Å². The quantitative estimate of drug-likeness (QED) is 0.0404. The van der Waals surface area contributed by atoms with E-state index in [0.29, 0.717) is 48.2 Å². The highest BCUT2D eigenvalue weighted by Crippen LogP contribution is 2.71. The van der Waals surface area contributed by atoms with Gasteiger partial charge in [0.2, 0.25) is 17.7 Å². The van der Waals surface area contributed by atoms with Gasteiger partial charge in [0.15, 0.2) is 0 Å². The summed E-state index contributed by atoms with van der Waals surface area (Å²) in [5.74, 6) is -1.97. The Morgan fingerprint density at radius 3 is 2.13 bits per heavy atom. The van der Waals surface area contributed by atoms with E-state index in [1.165, 1.54) is 12.1 Å². The minimum absolute atomic E-state index is 0.0937. The minimum Gasteiger partial charge on any atom is -0.449 e. The lowest BCUT2D eigenvalue weighted by Gasteiger charge is -2.36. The van der Waals surface area contributed by atoms with Crippen LogP contribution >= 0.6 is 0 Å². The van der Waals surface area contributed by atoms with Gasteiger partial charge < -0.3 is 46.2 Å². The van der Waals surface area contributed by atoms with Crippen molar-refractivity contribution in [2.45, 2.75) is 83.0 Å². The Balaban J connectivity index is 0.842. The number of carbonyl (C=O) groups is 6. The van der Waals surface area contributed by atoms with Gasteiger partial charge >= 0.3 is 23.8 Å². The largest absolute Gasteiger partial charge is 0.449 e. The van der Waals surface area contributed by atoms with Crippen LogP contribution in [0, 0.1) is 18.3 Å². The molecule has 348 valence electrons. The van der Waals surface area contributed by atoms with Gasteiger partial charge in [-0.1, -0.05) is 74.5 Å². The van der Waals surface area contributed by atoms with Crippen molar-refractivity contribution in [3.63, 3.8) is 0 Å². The van der Waals surface area contributed by atoms with Crippen molar-refractivity contribution in [1.29, 1.82) is 0 Å². The zero-order chi connectivity index (χ0) is 47.5. The molecule has 3 aliphatic rings. The molecule has 3 aliphatic carbocycles. The Hall–Kier alpha value is -7.69. The van der Waals surface area contributed by atoms with Crippen LogP contribution in [0.15, 0.2) is 106 Å². The molecule has 0 spiro atoms. The van der Waals surface area contributed by atoms with Crippen molar-refractivity contribution < 1.29 is 42.7 Å². The van der Waals surface area contributed by atoms with Gasteiger partial charge in [0, 0.05) is 41.4 Å². The van der Waals surface area contributed by atoms with E-state index in [-0.39, 0.29) is 43.9 Å². The molecule has 1 heterocycles. The maximum Gasteiger partial charge on any atom is 0.411 e. The second-order valence-electron chi connectivity index (χ2n) is 17.8. The molecule has 0 radical (unpaired) electrons. The first-order chi connectivity index (χ1) is 32.1. The fourth-order valence-electron chi connectivity index (χ4n) is 9.33. The molecule has 8 N–H and O–H groups in total. The standard InChI is InChI=1S/C50H53N7O10/c1-28(2)42(56-45(61)49-20-21-50(49,27-49)57-48(64)66-26-38-36-11-6-4-9-34(36)35-10-5-7-12-37(35)38)44(60)55-39(13-8-22-52-46(51)62)43(59)53-31-16-14-30(15-17-31)25-65-47(63)54-32-18-19-33-29(3)23-41(58)67-40(33)24-32/h4-7,9-12,14-19,23-24,28,38-39,42H,8,13,20-22,25-27H2,1-3H3,(H,53,59)(H,54,63)(H,55,60)(H,56,61)(H,57,64)(H3,51,52,62). The van der Waals surface area contributed by atoms with Gasteiger partial charge in [-0.05, 0) is 103 Å². The molecule has 7 amide bonds. The summed E-state index contributed by atoms with van der Waals surface area (Å²) in [6.07, 6.45) is 0.593. The highest BCUT2D eigenvalue weighted by Gasteiger charge is 2.79. The lowest BCUT2D eigenvalue weighted by atomic mass is 9.78. The first-order valence-corrected chi connectivity index (χ1v) is 22.3. The van der Waals surface area contributed by atoms with Crippen LogP contribution in [-0.4, -0.2) is 66.7 Å². The number of nitrogens with two attached hydrogens (primary N) is 1. The molecule has 4 aromatic carbocycles. The Labute approximate surface area is 385 Å². The number of primary amides is 1. The number of hydrogen-bond donors (Lipinski definition) is 7. The number of ether oxygens (including phenoxy) is 2. The van der Waals surface area contributed by atoms with E-state index in [9.17, 15) is 33.6 Å². The van der Waals surface area contributed by atoms with Crippen molar-refractivity contribution in [2.24, 2.45) is 17.1 Å². The average Bonchev–Trinajstić information content (AvgIpc) is 3.58. The highest BCUT2D eigenvalue weighted by atomic mass is 16.6. The summed E-state index contributed by atoms with van der Waals surface area (Å²) in [6, 6.07) is 26.2. The Bertz CT molecular complexity index is 2760. The molecule has 2 fully saturated rings. The summed E-state index contributed by atoms with van der Waals surface area (Å²) in [7, 11) is 0. The maximum atomic E-state index is 14.0. The van der Waals surface area contributed by atoms with Crippen LogP contribution < -0.4 is 43.3 Å². The zero-order valence-corrected chi connectivity index (χ0v) is 37.4. The predicted octanol–water partition coefficient (Wildman–Crippen LogP) is 6.32. The molecule has 17 heteroatoms. The molecule has 4 atom stereocenters. The van der Waals surface area contributed by atoms with Crippen LogP contribution in [0.25, 0.3) is 22.1 Å². The van der Waals surface area contributed by atoms with E-state index in [0.717, 1.165) is 33.2 Å². The fourth-order valence-corrected chi connectivity index (χ4v) is 9.33. The van der Waals surface area contributed by atoms with Crippen molar-refractivity contribution in [2.75, 3.05) is 23.8 Å². The van der Waals surface area contributed by atoms with Crippen molar-refractivity contribution in [3.05, 3.63) is 130 Å². The number of nitrogens with one attached hydrogen (secondary N) is 6. The van der Waals surface area contributed by atoms with Crippen molar-refractivity contribution in [3.8, 4) is 11.1 Å². The van der Waals surface area contributed by atoms with Crippen LogP contribution in [0.4, 0.5) is 25.8 Å². The first kappa shape index (κ1) is 45.9. The number of anilines is 2. The van der Waals surface area contributed by atoms with E-state index in [1.54, 1.807) is 57.2 Å². The lowest BCUT2D eigenvalue weighted by molar-refractivity contribution is -0.136. The summed E-state index contributed by atoms with van der Waals surface area (Å²) < 4.78 is 16.4. The Morgan fingerprint density at radius 2 is 1.48 bits per heavy atom. The van der Waals surface area contributed by atoms with Gasteiger partial charge in [-0.3, -0.25) is 19.7 Å². The number of aryl methyl sites for hydroxylation is 1. The molecular weight excluding hydrogens is 859 g/mol. The van der Waals surface area contributed by atoms with Gasteiger partial charge in [0.1, 0.15) is 30.9 Å². The molecule has 5 aromatic rings. The number of urea groups is 1. The van der Waals surface area contributed by atoms with Crippen LogP contribution in [-0.2, 0) is 30.5 Å². The third kappa shape index (κ3) is 9.81. The van der Waals surface area contributed by atoms with Crippen molar-refractivity contribution >= 4 is 58.3 Å². The monoisotopic (exact) mass is 911 g/mol. The number of amides is 7. The summed E-state index contributed by atoms with van der Waals surface area (Å²) in [6.45, 7) is 5.55. The second kappa shape index (κ2) is 19.0. The Kier molecular flexibility index (Phi) is 13.0. The van der Waals surface area contributed by atoms with Gasteiger partial charge in [-0.15, -0.1) is 0 Å². The molecule has 0 bridgehead atoms. The predicted molar refractivity (Wildman–Crippen MR) is 249 cm³/mol. The minimum atomic E-state index is -1.07. The van der Waals surface area contributed by atoms with Gasteiger partial charge in [-0.25, -0.2) is 19.2 Å². The SMILES string of the molecule is Cc1cc(=O)oc2cc(NC(=O)OCc3ccc(NC(=O)C(CCCNC(N)=O)NC(=O)C(NC(=O)C45CCC4(NC(=O)OCC4c6ccccc6-c6ccccc64)C5)C(C)C)cc3)ccc12. The highest BCUT2D eigenvalue weighted by molar-refractivity contribution is 6.00. The van der Waals surface area contributed by atoms with Crippen molar-refractivity contribution in [1.82, 2.24) is 21.3 Å². The number of benzene rings is 4. The summed E-state index contributed by atoms with van der Waals surface area (Å²) >= 11 is 0. The lowest BCUT2D eigenvalue weighted by Crippen LogP contribution is -2.59. The average molecular weight is 912 g/mol. The molecule has 17 nitrogen and oxygen atoms in total. The van der Waals surface area contributed by atoms with Crippen LogP contribution in [0.1, 0.15) is 74.1 Å². The molecule has 2 saturated carbocycles. The molecule has 0 saturated heterocycles. The molecule has 8 rings (SSSR count). The molecule has 4 unspecified atom stereocenters. The van der Waals surface area contributed by atoms with E-state index in [1.807, 2.05) is 36.4 Å². The van der Waals surface area contributed by atoms with E-state index < -0.39 is 58.7 Å². The fraction of sp³-hybridized carbons (Fsp3) is 0.340. The van der Waals surface area contributed by atoms with E-state index in [4.69, 9.17) is 19.6 Å². The molecule has 0 aliphatic heterocycles. The summed E-state index contributed by atoms with van der Waals surface area (Å²) in [4.78, 5) is 90.6. The summed E-state index contributed by atoms with van der Waals surface area (Å²) in [5, 5.41) is 17.3. The smallest absolute Gasteiger partial charge is 0.411 e. The number of alkyl carbamates (subject to hydrolysis) is 1. The number of carbonyl (C=O) groups excluding carboxylic acids is 6. The molecule has 1 aromatic heterocycles. The normalized spacial score (nSPS) is 18.4. The third-order valence-electron chi connectivity index (χ3n) is 13.1. The molecule has 67 heavy (non-hydrogen) atoms. The summed E-state index contributed by atoms with van der Waals surface area (Å²) in [5.41, 5.74) is 9.95. The second-order valence-corrected chi connectivity index (χ2v) is 17.8. The Morgan fingerprint density at radius 1 is 0.791 bits per heavy atom. The van der Waals surface area contributed by atoms with Gasteiger partial charge in [0.25, 0.3) is 0 Å². The number of hydrogen-bond acceptors (Lipinski definition) is 10. The molecular formula is C50H53N7O10. The van der Waals surface area contributed by atoms with Crippen LogP contribution in [0.2, 0.25) is 0 Å². The third-order valence-corrected chi connectivity index (χ3v) is 13.1. The van der Waals surface area contributed by atoms with Gasteiger partial charge in [-0.2, -0.15) is 0 Å². The number of fused-ring (bicyclic) bond motifs is 5. The van der Waals surface area contributed by atoms with E-state index >= 15 is 0 Å². The van der Waals surface area contributed by atoms with Gasteiger partial charge in [0.05, 0.1) is 11.0 Å². The zero-order valence-electron chi connectivity index (χ0n) is 37.4. The number of rotatable bonds is 17. The van der Waals surface area contributed by atoms with Crippen LogP contribution in [0.5, 0.6) is 0 Å².